The maximum Gasteiger partial charge on any atom is 0.248 e. The molecule has 0 radical (unpaired) electrons. The summed E-state index contributed by atoms with van der Waals surface area (Å²) in [5.41, 5.74) is 1.33. The standard InChI is InChI=1S/C18H22N2O2S/c1-12(21)14-7-5-6-8-15(14)20-16(22)10-9-13-11-19-17(23-13)18(2,3)4/h5-12,21H,1-4H3,(H,20,22)/b10-9+. The predicted molar refractivity (Wildman–Crippen MR) is 95.6 cm³/mol. The van der Waals surface area contributed by atoms with E-state index in [1.807, 2.05) is 12.1 Å². The minimum absolute atomic E-state index is 0.00915. The molecule has 0 bridgehead atoms. The van der Waals surface area contributed by atoms with E-state index in [1.54, 1.807) is 42.7 Å². The number of aliphatic hydroxyl groups excluding tert-OH is 1. The summed E-state index contributed by atoms with van der Waals surface area (Å²) in [6, 6.07) is 7.23. The first kappa shape index (κ1) is 17.4. The number of benzene rings is 1. The zero-order valence-corrected chi connectivity index (χ0v) is 14.6. The molecule has 0 spiro atoms. The number of carbonyl (C=O) groups excluding carboxylic acids is 1. The molecular weight excluding hydrogens is 308 g/mol. The maximum atomic E-state index is 12.1. The molecule has 1 aromatic heterocycles. The SMILES string of the molecule is CC(O)c1ccccc1NC(=O)/C=C/c1cnc(C(C)(C)C)s1. The van der Waals surface area contributed by atoms with Crippen molar-refractivity contribution in [1.82, 2.24) is 4.98 Å². The van der Waals surface area contributed by atoms with Crippen molar-refractivity contribution in [2.45, 2.75) is 39.2 Å². The highest BCUT2D eigenvalue weighted by Crippen LogP contribution is 2.27. The van der Waals surface area contributed by atoms with Gasteiger partial charge in [-0.25, -0.2) is 4.98 Å². The second kappa shape index (κ2) is 7.06. The van der Waals surface area contributed by atoms with Gasteiger partial charge in [-0.1, -0.05) is 39.0 Å². The van der Waals surface area contributed by atoms with Gasteiger partial charge in [0.1, 0.15) is 0 Å². The van der Waals surface area contributed by atoms with E-state index in [0.717, 1.165) is 9.88 Å². The van der Waals surface area contributed by atoms with Gasteiger partial charge in [0.15, 0.2) is 0 Å². The molecule has 1 heterocycles. The Kier molecular flexibility index (Phi) is 5.34. The topological polar surface area (TPSA) is 62.2 Å². The number of hydrogen-bond acceptors (Lipinski definition) is 4. The molecule has 0 saturated heterocycles. The number of amides is 1. The number of carbonyl (C=O) groups is 1. The Morgan fingerprint density at radius 2 is 2.04 bits per heavy atom. The minimum atomic E-state index is -0.633. The van der Waals surface area contributed by atoms with Crippen molar-refractivity contribution in [2.75, 3.05) is 5.32 Å². The lowest BCUT2D eigenvalue weighted by molar-refractivity contribution is -0.111. The van der Waals surface area contributed by atoms with E-state index in [0.29, 0.717) is 11.3 Å². The molecule has 23 heavy (non-hydrogen) atoms. The Morgan fingerprint density at radius 3 is 2.65 bits per heavy atom. The summed E-state index contributed by atoms with van der Waals surface area (Å²) in [5, 5.41) is 13.6. The van der Waals surface area contributed by atoms with Crippen LogP contribution in [0, 0.1) is 0 Å². The lowest BCUT2D eigenvalue weighted by atomic mass is 9.98. The third-order valence-corrected chi connectivity index (χ3v) is 4.62. The van der Waals surface area contributed by atoms with Gasteiger partial charge >= 0.3 is 0 Å². The minimum Gasteiger partial charge on any atom is -0.389 e. The molecule has 122 valence electrons. The summed E-state index contributed by atoms with van der Waals surface area (Å²) in [7, 11) is 0. The molecule has 0 fully saturated rings. The Bertz CT molecular complexity index is 712. The first-order valence-electron chi connectivity index (χ1n) is 7.50. The number of rotatable bonds is 4. The molecule has 2 N–H and O–H groups in total. The summed E-state index contributed by atoms with van der Waals surface area (Å²) in [6.45, 7) is 8.00. The van der Waals surface area contributed by atoms with Crippen molar-refractivity contribution in [3.8, 4) is 0 Å². The fourth-order valence-corrected chi connectivity index (χ4v) is 2.89. The quantitative estimate of drug-likeness (QED) is 0.828. The number of anilines is 1. The molecule has 0 aliphatic heterocycles. The smallest absolute Gasteiger partial charge is 0.248 e. The van der Waals surface area contributed by atoms with Gasteiger partial charge < -0.3 is 10.4 Å². The molecule has 4 nitrogen and oxygen atoms in total. The average molecular weight is 330 g/mol. The fraction of sp³-hybridized carbons (Fsp3) is 0.333. The van der Waals surface area contributed by atoms with Crippen LogP contribution in [0.25, 0.3) is 6.08 Å². The molecule has 2 rings (SSSR count). The third kappa shape index (κ3) is 4.74. The van der Waals surface area contributed by atoms with Crippen molar-refractivity contribution in [3.63, 3.8) is 0 Å². The number of aliphatic hydroxyl groups is 1. The van der Waals surface area contributed by atoms with E-state index in [9.17, 15) is 9.90 Å². The molecule has 0 saturated carbocycles. The Balaban J connectivity index is 2.07. The van der Waals surface area contributed by atoms with E-state index in [2.05, 4.69) is 31.1 Å². The Labute approximate surface area is 140 Å². The van der Waals surface area contributed by atoms with Crippen LogP contribution in [0.3, 0.4) is 0 Å². The highest BCUT2D eigenvalue weighted by Gasteiger charge is 2.17. The van der Waals surface area contributed by atoms with E-state index in [4.69, 9.17) is 0 Å². The number of thiazole rings is 1. The van der Waals surface area contributed by atoms with Crippen molar-refractivity contribution < 1.29 is 9.90 Å². The fourth-order valence-electron chi connectivity index (χ4n) is 2.02. The number of nitrogens with zero attached hydrogens (tertiary/aromatic N) is 1. The lowest BCUT2D eigenvalue weighted by Gasteiger charge is -2.13. The maximum absolute atomic E-state index is 12.1. The van der Waals surface area contributed by atoms with Gasteiger partial charge in [-0.05, 0) is 19.1 Å². The van der Waals surface area contributed by atoms with Gasteiger partial charge in [0.2, 0.25) is 5.91 Å². The van der Waals surface area contributed by atoms with Crippen molar-refractivity contribution in [3.05, 3.63) is 52.0 Å². The number of nitrogens with one attached hydrogen (secondary N) is 1. The predicted octanol–water partition coefficient (Wildman–Crippen LogP) is 4.15. The molecule has 5 heteroatoms. The van der Waals surface area contributed by atoms with Crippen molar-refractivity contribution >= 4 is 29.0 Å². The zero-order chi connectivity index (χ0) is 17.0. The van der Waals surface area contributed by atoms with Crippen LogP contribution in [0.15, 0.2) is 36.5 Å². The largest absolute Gasteiger partial charge is 0.389 e. The normalized spacial score (nSPS) is 13.3. The first-order valence-corrected chi connectivity index (χ1v) is 8.31. The second-order valence-corrected chi connectivity index (χ2v) is 7.47. The van der Waals surface area contributed by atoms with Gasteiger partial charge in [-0.15, -0.1) is 11.3 Å². The van der Waals surface area contributed by atoms with E-state index >= 15 is 0 Å². The Morgan fingerprint density at radius 1 is 1.35 bits per heavy atom. The second-order valence-electron chi connectivity index (χ2n) is 6.40. The molecule has 2 aromatic rings. The number of aromatic nitrogens is 1. The van der Waals surface area contributed by atoms with Crippen LogP contribution in [0.2, 0.25) is 0 Å². The number of hydrogen-bond donors (Lipinski definition) is 2. The van der Waals surface area contributed by atoms with Crippen molar-refractivity contribution in [1.29, 1.82) is 0 Å². The first-order chi connectivity index (χ1) is 10.8. The van der Waals surface area contributed by atoms with Gasteiger partial charge in [-0.3, -0.25) is 4.79 Å². The molecule has 0 aliphatic carbocycles. The van der Waals surface area contributed by atoms with Gasteiger partial charge in [-0.2, -0.15) is 0 Å². The number of para-hydroxylation sites is 1. The molecule has 1 unspecified atom stereocenters. The Hall–Kier alpha value is -1.98. The van der Waals surface area contributed by atoms with Crippen LogP contribution >= 0.6 is 11.3 Å². The van der Waals surface area contributed by atoms with Gasteiger partial charge in [0.05, 0.1) is 11.1 Å². The monoisotopic (exact) mass is 330 g/mol. The van der Waals surface area contributed by atoms with Crippen LogP contribution < -0.4 is 5.32 Å². The molecule has 1 amide bonds. The third-order valence-electron chi connectivity index (χ3n) is 3.23. The lowest BCUT2D eigenvalue weighted by Crippen LogP contribution is -2.10. The van der Waals surface area contributed by atoms with E-state index in [-0.39, 0.29) is 11.3 Å². The zero-order valence-electron chi connectivity index (χ0n) is 13.8. The summed E-state index contributed by atoms with van der Waals surface area (Å²) in [4.78, 5) is 17.4. The molecular formula is C18H22N2O2S. The van der Waals surface area contributed by atoms with Crippen LogP contribution in [0.1, 0.15) is 49.2 Å². The molecule has 1 aromatic carbocycles. The van der Waals surface area contributed by atoms with Gasteiger partial charge in [0.25, 0.3) is 0 Å². The highest BCUT2D eigenvalue weighted by atomic mass is 32.1. The summed E-state index contributed by atoms with van der Waals surface area (Å²) >= 11 is 1.58. The van der Waals surface area contributed by atoms with Gasteiger partial charge in [0, 0.05) is 33.8 Å². The molecule has 1 atom stereocenters. The van der Waals surface area contributed by atoms with Crippen LogP contribution in [0.5, 0.6) is 0 Å². The van der Waals surface area contributed by atoms with E-state index < -0.39 is 6.10 Å². The van der Waals surface area contributed by atoms with Crippen LogP contribution in [-0.4, -0.2) is 16.0 Å². The van der Waals surface area contributed by atoms with E-state index in [1.165, 1.54) is 6.08 Å². The van der Waals surface area contributed by atoms with Crippen LogP contribution in [0.4, 0.5) is 5.69 Å². The summed E-state index contributed by atoms with van der Waals surface area (Å²) < 4.78 is 0. The molecule has 0 aliphatic rings. The van der Waals surface area contributed by atoms with Crippen LogP contribution in [-0.2, 0) is 10.2 Å². The summed E-state index contributed by atoms with van der Waals surface area (Å²) in [6.07, 6.45) is 4.39. The average Bonchev–Trinajstić information content (AvgIpc) is 2.94. The summed E-state index contributed by atoms with van der Waals surface area (Å²) in [5.74, 6) is -0.233. The van der Waals surface area contributed by atoms with Crippen molar-refractivity contribution in [2.24, 2.45) is 0 Å². The highest BCUT2D eigenvalue weighted by molar-refractivity contribution is 7.12.